The zero-order valence-corrected chi connectivity index (χ0v) is 37.7. The fourth-order valence-electron chi connectivity index (χ4n) is 8.62. The van der Waals surface area contributed by atoms with Crippen molar-refractivity contribution >= 4 is 11.8 Å². The first-order chi connectivity index (χ1) is 26.5. The smallest absolute Gasteiger partial charge is 0.251 e. The molecule has 0 aliphatic rings. The molecule has 5 heteroatoms. The lowest BCUT2D eigenvalue weighted by molar-refractivity contribution is 0.0946. The van der Waals surface area contributed by atoms with Crippen molar-refractivity contribution in [3.05, 3.63) is 66.8 Å². The molecule has 0 heterocycles. The lowest BCUT2D eigenvalue weighted by Gasteiger charge is -2.21. The minimum atomic E-state index is 0.00935. The van der Waals surface area contributed by atoms with Crippen LogP contribution in [-0.2, 0) is 12.8 Å². The Labute approximate surface area is 339 Å². The summed E-state index contributed by atoms with van der Waals surface area (Å²) < 4.78 is 0. The van der Waals surface area contributed by atoms with E-state index < -0.39 is 0 Å². The molecule has 0 atom stereocenters. The molecule has 0 saturated heterocycles. The summed E-state index contributed by atoms with van der Waals surface area (Å²) in [6.07, 6.45) is 29.1. The topological polar surface area (TPSA) is 70.2 Å². The number of carbonyl (C=O) groups excluding carboxylic acids is 2. The maximum atomic E-state index is 13.4. The highest BCUT2D eigenvalue weighted by Crippen LogP contribution is 2.30. The maximum absolute atomic E-state index is 13.4. The van der Waals surface area contributed by atoms with Gasteiger partial charge in [-0.25, -0.2) is 0 Å². The SMILES string of the molecule is CCCCCCCCCCCCc1c(C)c(C)c(C(=O)NCCNCCNC(=O)c2c(C)c(C)c(CCCCCCCCCCCC)c(C)c2C)c(C)c1C. The molecule has 55 heavy (non-hydrogen) atoms. The normalized spacial score (nSPS) is 11.4. The predicted octanol–water partition coefficient (Wildman–Crippen LogP) is 12.8. The molecule has 0 bridgehead atoms. The van der Waals surface area contributed by atoms with E-state index in [0.29, 0.717) is 26.2 Å². The third-order valence-corrected chi connectivity index (χ3v) is 12.8. The van der Waals surface area contributed by atoms with Crippen LogP contribution in [0.1, 0.15) is 219 Å². The molecule has 0 saturated carbocycles. The van der Waals surface area contributed by atoms with Gasteiger partial charge in [-0.1, -0.05) is 129 Å². The third-order valence-electron chi connectivity index (χ3n) is 12.8. The van der Waals surface area contributed by atoms with Crippen LogP contribution >= 0.6 is 0 Å². The molecule has 0 aromatic heterocycles. The van der Waals surface area contributed by atoms with Gasteiger partial charge in [0.1, 0.15) is 0 Å². The second-order valence-electron chi connectivity index (χ2n) is 16.8. The highest BCUT2D eigenvalue weighted by molar-refractivity contribution is 5.98. The zero-order chi connectivity index (χ0) is 40.6. The van der Waals surface area contributed by atoms with Crippen molar-refractivity contribution in [2.24, 2.45) is 0 Å². The van der Waals surface area contributed by atoms with Crippen LogP contribution in [0.25, 0.3) is 0 Å². The fourth-order valence-corrected chi connectivity index (χ4v) is 8.62. The summed E-state index contributed by atoms with van der Waals surface area (Å²) in [7, 11) is 0. The standard InChI is InChI=1S/C50H85N3O2/c1-11-13-15-17-19-21-23-25-27-29-31-45-37(3)41(7)47(42(8)38(45)4)49(54)52-35-33-51-34-36-53-50(55)48-43(9)39(5)46(40(6)44(48)10)32-30-28-26-24-22-20-18-16-14-12-2/h51H,11-36H2,1-10H3,(H,52,54)(H,53,55). The average Bonchev–Trinajstić information content (AvgIpc) is 3.16. The summed E-state index contributed by atoms with van der Waals surface area (Å²) in [5.74, 6) is 0.0187. The Morgan fingerprint density at radius 1 is 0.345 bits per heavy atom. The Morgan fingerprint density at radius 2 is 0.600 bits per heavy atom. The Hall–Kier alpha value is -2.66. The van der Waals surface area contributed by atoms with Crippen molar-refractivity contribution in [3.63, 3.8) is 0 Å². The lowest BCUT2D eigenvalue weighted by Crippen LogP contribution is -2.37. The minimum absolute atomic E-state index is 0.00935. The zero-order valence-electron chi connectivity index (χ0n) is 37.7. The first kappa shape index (κ1) is 48.5. The molecule has 0 aliphatic heterocycles. The molecule has 2 aromatic rings. The van der Waals surface area contributed by atoms with E-state index in [0.717, 1.165) is 46.2 Å². The Bertz CT molecular complexity index is 1280. The van der Waals surface area contributed by atoms with Crippen LogP contribution in [0, 0.1) is 55.4 Å². The van der Waals surface area contributed by atoms with Gasteiger partial charge in [0.05, 0.1) is 0 Å². The third kappa shape index (κ3) is 16.4. The quantitative estimate of drug-likeness (QED) is 0.0695. The van der Waals surface area contributed by atoms with Gasteiger partial charge in [-0.05, 0) is 137 Å². The monoisotopic (exact) mass is 760 g/mol. The van der Waals surface area contributed by atoms with E-state index in [4.69, 9.17) is 0 Å². The van der Waals surface area contributed by atoms with Gasteiger partial charge in [0.15, 0.2) is 0 Å². The van der Waals surface area contributed by atoms with Crippen LogP contribution in [0.15, 0.2) is 0 Å². The summed E-state index contributed by atoms with van der Waals surface area (Å²) in [5, 5.41) is 9.69. The van der Waals surface area contributed by atoms with Crippen LogP contribution in [0.4, 0.5) is 0 Å². The largest absolute Gasteiger partial charge is 0.351 e. The molecule has 0 spiro atoms. The van der Waals surface area contributed by atoms with Gasteiger partial charge in [-0.2, -0.15) is 0 Å². The number of nitrogens with one attached hydrogen (secondary N) is 3. The number of hydrogen-bond donors (Lipinski definition) is 3. The molecular formula is C50H85N3O2. The number of hydrogen-bond acceptors (Lipinski definition) is 3. The molecule has 3 N–H and O–H groups in total. The van der Waals surface area contributed by atoms with E-state index in [1.54, 1.807) is 0 Å². The fraction of sp³-hybridized carbons (Fsp3) is 0.720. The van der Waals surface area contributed by atoms with Gasteiger partial charge in [0.2, 0.25) is 0 Å². The number of unbranched alkanes of at least 4 members (excludes halogenated alkanes) is 18. The van der Waals surface area contributed by atoms with Crippen molar-refractivity contribution in [3.8, 4) is 0 Å². The van der Waals surface area contributed by atoms with Gasteiger partial charge in [0.25, 0.3) is 11.8 Å². The van der Waals surface area contributed by atoms with Gasteiger partial charge in [0, 0.05) is 37.3 Å². The second kappa shape index (κ2) is 27.9. The molecule has 0 aliphatic carbocycles. The molecule has 5 nitrogen and oxygen atoms in total. The van der Waals surface area contributed by atoms with Crippen LogP contribution in [0.2, 0.25) is 0 Å². The molecule has 0 fully saturated rings. The van der Waals surface area contributed by atoms with E-state index in [9.17, 15) is 9.59 Å². The van der Waals surface area contributed by atoms with Gasteiger partial charge >= 0.3 is 0 Å². The van der Waals surface area contributed by atoms with E-state index in [1.807, 2.05) is 0 Å². The number of rotatable bonds is 30. The van der Waals surface area contributed by atoms with Gasteiger partial charge in [-0.15, -0.1) is 0 Å². The Kier molecular flexibility index (Phi) is 24.6. The van der Waals surface area contributed by atoms with Crippen molar-refractivity contribution in [1.82, 2.24) is 16.0 Å². The van der Waals surface area contributed by atoms with Crippen molar-refractivity contribution in [2.45, 2.75) is 210 Å². The highest BCUT2D eigenvalue weighted by Gasteiger charge is 2.21. The lowest BCUT2D eigenvalue weighted by atomic mass is 9.86. The summed E-state index contributed by atoms with van der Waals surface area (Å²) in [4.78, 5) is 26.8. The van der Waals surface area contributed by atoms with Gasteiger partial charge in [-0.3, -0.25) is 9.59 Å². The summed E-state index contributed by atoms with van der Waals surface area (Å²) in [6, 6.07) is 0. The molecule has 0 radical (unpaired) electrons. The van der Waals surface area contributed by atoms with E-state index in [1.165, 1.54) is 162 Å². The Morgan fingerprint density at radius 3 is 0.873 bits per heavy atom. The molecular weight excluding hydrogens is 675 g/mol. The van der Waals surface area contributed by atoms with Crippen molar-refractivity contribution in [2.75, 3.05) is 26.2 Å². The molecule has 2 amide bonds. The van der Waals surface area contributed by atoms with E-state index >= 15 is 0 Å². The first-order valence-electron chi connectivity index (χ1n) is 22.9. The second-order valence-corrected chi connectivity index (χ2v) is 16.8. The predicted molar refractivity (Wildman–Crippen MR) is 239 cm³/mol. The van der Waals surface area contributed by atoms with E-state index in [-0.39, 0.29) is 11.8 Å². The molecule has 312 valence electrons. The van der Waals surface area contributed by atoms with Crippen molar-refractivity contribution < 1.29 is 9.59 Å². The summed E-state index contributed by atoms with van der Waals surface area (Å²) in [6.45, 7) is 24.2. The number of amides is 2. The van der Waals surface area contributed by atoms with Gasteiger partial charge < -0.3 is 16.0 Å². The maximum Gasteiger partial charge on any atom is 0.251 e. The first-order valence-corrected chi connectivity index (χ1v) is 22.9. The van der Waals surface area contributed by atoms with Crippen LogP contribution in [-0.4, -0.2) is 38.0 Å². The van der Waals surface area contributed by atoms with Crippen LogP contribution in [0.5, 0.6) is 0 Å². The minimum Gasteiger partial charge on any atom is -0.351 e. The summed E-state index contributed by atoms with van der Waals surface area (Å²) >= 11 is 0. The van der Waals surface area contributed by atoms with Crippen LogP contribution < -0.4 is 16.0 Å². The Balaban J connectivity index is 1.74. The average molecular weight is 760 g/mol. The van der Waals surface area contributed by atoms with E-state index in [2.05, 4.69) is 85.2 Å². The summed E-state index contributed by atoms with van der Waals surface area (Å²) in [5.41, 5.74) is 14.1. The number of benzene rings is 2. The molecule has 0 unspecified atom stereocenters. The number of carbonyl (C=O) groups is 2. The van der Waals surface area contributed by atoms with Crippen LogP contribution in [0.3, 0.4) is 0 Å². The molecule has 2 rings (SSSR count). The highest BCUT2D eigenvalue weighted by atomic mass is 16.2. The van der Waals surface area contributed by atoms with Crippen molar-refractivity contribution in [1.29, 1.82) is 0 Å². The molecule has 2 aromatic carbocycles.